The Balaban J connectivity index is 1.60. The highest BCUT2D eigenvalue weighted by Crippen LogP contribution is 2.20. The Labute approximate surface area is 207 Å². The van der Waals surface area contributed by atoms with Crippen LogP contribution in [0.5, 0.6) is 5.75 Å². The second-order valence-corrected chi connectivity index (χ2v) is 8.62. The molecular weight excluding hydrogens is 477 g/mol. The van der Waals surface area contributed by atoms with E-state index in [0.717, 1.165) is 0 Å². The molecule has 0 aliphatic carbocycles. The lowest BCUT2D eigenvalue weighted by Crippen LogP contribution is -2.34. The summed E-state index contributed by atoms with van der Waals surface area (Å²) in [6.45, 7) is 4.62. The van der Waals surface area contributed by atoms with Crippen LogP contribution >= 0.6 is 23.8 Å². The fourth-order valence-electron chi connectivity index (χ4n) is 2.84. The molecule has 0 aliphatic rings. The topological polar surface area (TPSA) is 79.5 Å². The number of rotatable bonds is 7. The quantitative estimate of drug-likeness (QED) is 0.353. The van der Waals surface area contributed by atoms with Crippen LogP contribution in [-0.4, -0.2) is 23.5 Å². The first kappa shape index (κ1) is 25.1. The molecule has 0 saturated heterocycles. The lowest BCUT2D eigenvalue weighted by atomic mass is 10.2. The van der Waals surface area contributed by atoms with Crippen molar-refractivity contribution >= 4 is 52.1 Å². The Kier molecular flexibility index (Phi) is 8.56. The summed E-state index contributed by atoms with van der Waals surface area (Å²) < 4.78 is 19.0. The fourth-order valence-corrected chi connectivity index (χ4v) is 3.23. The average molecular weight is 500 g/mol. The van der Waals surface area contributed by atoms with Gasteiger partial charge in [0.05, 0.1) is 11.6 Å². The van der Waals surface area contributed by atoms with Crippen molar-refractivity contribution in [1.29, 1.82) is 0 Å². The van der Waals surface area contributed by atoms with Crippen molar-refractivity contribution in [2.45, 2.75) is 13.8 Å². The minimum absolute atomic E-state index is 0.0707. The minimum atomic E-state index is -0.573. The van der Waals surface area contributed by atoms with E-state index in [9.17, 15) is 14.0 Å². The van der Waals surface area contributed by atoms with Crippen molar-refractivity contribution in [2.75, 3.05) is 17.2 Å². The monoisotopic (exact) mass is 499 g/mol. The highest BCUT2D eigenvalue weighted by Gasteiger charge is 2.12. The number of amides is 2. The second kappa shape index (κ2) is 11.6. The Morgan fingerprint density at radius 3 is 2.32 bits per heavy atom. The molecule has 0 radical (unpaired) electrons. The maximum atomic E-state index is 13.3. The van der Waals surface area contributed by atoms with E-state index in [2.05, 4.69) is 16.0 Å². The molecule has 3 rings (SSSR count). The van der Waals surface area contributed by atoms with Crippen molar-refractivity contribution in [3.8, 4) is 5.75 Å². The minimum Gasteiger partial charge on any atom is -0.493 e. The molecule has 3 aromatic rings. The molecule has 0 fully saturated rings. The van der Waals surface area contributed by atoms with Gasteiger partial charge in [0.2, 0.25) is 0 Å². The normalized spacial score (nSPS) is 10.5. The number of carbonyl (C=O) groups is 2. The number of benzene rings is 3. The van der Waals surface area contributed by atoms with E-state index in [4.69, 9.17) is 28.6 Å². The molecular formula is C25H23ClFN3O3S. The lowest BCUT2D eigenvalue weighted by molar-refractivity contribution is 0.0975. The Hall–Kier alpha value is -3.49. The van der Waals surface area contributed by atoms with Gasteiger partial charge in [-0.1, -0.05) is 37.6 Å². The summed E-state index contributed by atoms with van der Waals surface area (Å²) in [6.07, 6.45) is 0. The molecule has 0 atom stereocenters. The largest absolute Gasteiger partial charge is 0.493 e. The molecule has 2 amide bonds. The molecule has 34 heavy (non-hydrogen) atoms. The van der Waals surface area contributed by atoms with Gasteiger partial charge in [0.15, 0.2) is 5.11 Å². The maximum absolute atomic E-state index is 13.3. The van der Waals surface area contributed by atoms with Crippen LogP contribution in [0.3, 0.4) is 0 Å². The number of nitrogens with one attached hydrogen (secondary N) is 3. The molecule has 176 valence electrons. The van der Waals surface area contributed by atoms with E-state index in [1.54, 1.807) is 48.5 Å². The van der Waals surface area contributed by atoms with Crippen molar-refractivity contribution in [1.82, 2.24) is 5.32 Å². The summed E-state index contributed by atoms with van der Waals surface area (Å²) >= 11 is 11.0. The molecule has 3 N–H and O–H groups in total. The molecule has 6 nitrogen and oxygen atoms in total. The summed E-state index contributed by atoms with van der Waals surface area (Å²) in [6, 6.07) is 17.3. The number of halogens is 2. The van der Waals surface area contributed by atoms with Crippen molar-refractivity contribution in [3.05, 3.63) is 88.7 Å². The summed E-state index contributed by atoms with van der Waals surface area (Å²) in [5.74, 6) is -0.424. The van der Waals surface area contributed by atoms with E-state index >= 15 is 0 Å². The number of ether oxygens (including phenoxy) is 1. The van der Waals surface area contributed by atoms with Gasteiger partial charge in [-0.3, -0.25) is 14.9 Å². The second-order valence-electron chi connectivity index (χ2n) is 7.80. The zero-order valence-corrected chi connectivity index (χ0v) is 20.1. The molecule has 0 unspecified atom stereocenters. The first-order valence-corrected chi connectivity index (χ1v) is 11.2. The van der Waals surface area contributed by atoms with Crippen LogP contribution in [0.25, 0.3) is 0 Å². The van der Waals surface area contributed by atoms with Gasteiger partial charge in [0.25, 0.3) is 11.8 Å². The molecule has 0 aromatic heterocycles. The lowest BCUT2D eigenvalue weighted by Gasteiger charge is -2.12. The van der Waals surface area contributed by atoms with Crippen LogP contribution in [0.1, 0.15) is 34.6 Å². The molecule has 0 saturated carbocycles. The first-order chi connectivity index (χ1) is 16.2. The van der Waals surface area contributed by atoms with Crippen molar-refractivity contribution in [2.24, 2.45) is 5.92 Å². The van der Waals surface area contributed by atoms with Crippen molar-refractivity contribution in [3.63, 3.8) is 0 Å². The predicted molar refractivity (Wildman–Crippen MR) is 136 cm³/mol. The van der Waals surface area contributed by atoms with Gasteiger partial charge >= 0.3 is 0 Å². The summed E-state index contributed by atoms with van der Waals surface area (Å²) in [5, 5.41) is 8.13. The van der Waals surface area contributed by atoms with E-state index in [-0.39, 0.29) is 10.1 Å². The number of hydrogen-bond acceptors (Lipinski definition) is 4. The number of thiocarbonyl (C=S) groups is 1. The third-order valence-electron chi connectivity index (χ3n) is 4.47. The third kappa shape index (κ3) is 7.26. The maximum Gasteiger partial charge on any atom is 0.257 e. The Bertz CT molecular complexity index is 1220. The number of carbonyl (C=O) groups excluding carboxylic acids is 2. The van der Waals surface area contributed by atoms with Gasteiger partial charge < -0.3 is 15.4 Å². The smallest absolute Gasteiger partial charge is 0.257 e. The molecule has 0 bridgehead atoms. The SMILES string of the molecule is CC(C)COc1cccc(C(=O)NC(=S)Nc2cccc(C(=O)Nc3ccc(F)c(Cl)c3)c2)c1. The zero-order valence-electron chi connectivity index (χ0n) is 18.5. The number of hydrogen-bond donors (Lipinski definition) is 3. The van der Waals surface area contributed by atoms with Crippen LogP contribution in [0, 0.1) is 11.7 Å². The van der Waals surface area contributed by atoms with E-state index in [1.165, 1.54) is 18.2 Å². The standard InChI is InChI=1S/C25H23ClFN3O3S/c1-15(2)14-33-20-8-4-6-17(12-20)24(32)30-25(34)29-18-7-3-5-16(11-18)23(31)28-19-9-10-22(27)21(26)13-19/h3-13,15H,14H2,1-2H3,(H,28,31)(H2,29,30,32,34). The fraction of sp³-hybridized carbons (Fsp3) is 0.160. The summed E-state index contributed by atoms with van der Waals surface area (Å²) in [4.78, 5) is 25.1. The highest BCUT2D eigenvalue weighted by molar-refractivity contribution is 7.80. The van der Waals surface area contributed by atoms with Gasteiger partial charge in [-0.25, -0.2) is 4.39 Å². The third-order valence-corrected chi connectivity index (χ3v) is 4.96. The summed E-state index contributed by atoms with van der Waals surface area (Å²) in [7, 11) is 0. The van der Waals surface area contributed by atoms with E-state index in [0.29, 0.717) is 40.8 Å². The van der Waals surface area contributed by atoms with Crippen LogP contribution in [0.2, 0.25) is 5.02 Å². The molecule has 0 spiro atoms. The van der Waals surface area contributed by atoms with Crippen LogP contribution in [0.15, 0.2) is 66.7 Å². The van der Waals surface area contributed by atoms with Crippen LogP contribution < -0.4 is 20.7 Å². The first-order valence-electron chi connectivity index (χ1n) is 10.4. The average Bonchev–Trinajstić information content (AvgIpc) is 2.80. The van der Waals surface area contributed by atoms with Crippen LogP contribution in [-0.2, 0) is 0 Å². The van der Waals surface area contributed by atoms with Crippen molar-refractivity contribution < 1.29 is 18.7 Å². The zero-order chi connectivity index (χ0) is 24.7. The number of anilines is 2. The Morgan fingerprint density at radius 1 is 0.941 bits per heavy atom. The molecule has 9 heteroatoms. The highest BCUT2D eigenvalue weighted by atomic mass is 35.5. The molecule has 0 aliphatic heterocycles. The summed E-state index contributed by atoms with van der Waals surface area (Å²) in [5.41, 5.74) is 1.59. The van der Waals surface area contributed by atoms with Crippen LogP contribution in [0.4, 0.5) is 15.8 Å². The van der Waals surface area contributed by atoms with Gasteiger partial charge in [-0.2, -0.15) is 0 Å². The van der Waals surface area contributed by atoms with E-state index < -0.39 is 17.6 Å². The van der Waals surface area contributed by atoms with Gasteiger partial charge in [0.1, 0.15) is 11.6 Å². The molecule has 3 aromatic carbocycles. The van der Waals surface area contributed by atoms with E-state index in [1.807, 2.05) is 13.8 Å². The predicted octanol–water partition coefficient (Wildman–Crippen LogP) is 5.89. The van der Waals surface area contributed by atoms with Gasteiger partial charge in [-0.05, 0) is 72.7 Å². The van der Waals surface area contributed by atoms with Gasteiger partial charge in [-0.15, -0.1) is 0 Å². The van der Waals surface area contributed by atoms with Gasteiger partial charge in [0, 0.05) is 22.5 Å². The Morgan fingerprint density at radius 2 is 1.62 bits per heavy atom. The molecule has 0 heterocycles.